The van der Waals surface area contributed by atoms with Crippen molar-refractivity contribution >= 4 is 23.5 Å². The van der Waals surface area contributed by atoms with Crippen LogP contribution in [0.15, 0.2) is 48.5 Å². The molecule has 0 fully saturated rings. The van der Waals surface area contributed by atoms with Crippen LogP contribution in [0.4, 0.5) is 0 Å². The Morgan fingerprint density at radius 1 is 1.15 bits per heavy atom. The molecule has 0 aliphatic carbocycles. The van der Waals surface area contributed by atoms with Crippen molar-refractivity contribution in [2.45, 2.75) is 18.9 Å². The van der Waals surface area contributed by atoms with Crippen LogP contribution in [-0.4, -0.2) is 43.6 Å². The number of nitrogens with zero attached hydrogens (tertiary/aromatic N) is 3. The fourth-order valence-corrected chi connectivity index (χ4v) is 2.87. The third kappa shape index (κ3) is 5.11. The van der Waals surface area contributed by atoms with Gasteiger partial charge in [0.1, 0.15) is 0 Å². The molecular formula is C18H16ClN5O3. The second kappa shape index (κ2) is 8.41. The summed E-state index contributed by atoms with van der Waals surface area (Å²) < 4.78 is 0. The summed E-state index contributed by atoms with van der Waals surface area (Å²) in [7, 11) is 0. The van der Waals surface area contributed by atoms with Crippen molar-refractivity contribution in [1.29, 1.82) is 0 Å². The Morgan fingerprint density at radius 3 is 2.56 bits per heavy atom. The van der Waals surface area contributed by atoms with Crippen LogP contribution in [-0.2, 0) is 11.2 Å². The van der Waals surface area contributed by atoms with Gasteiger partial charge in [0, 0.05) is 11.1 Å². The molecule has 1 aromatic heterocycles. The number of amides is 1. The lowest BCUT2D eigenvalue weighted by molar-refractivity contribution is -0.137. The number of hydrogen-bond donors (Lipinski definition) is 3. The number of carboxylic acid groups (broad SMARTS) is 1. The van der Waals surface area contributed by atoms with E-state index in [4.69, 9.17) is 16.7 Å². The number of halogens is 1. The van der Waals surface area contributed by atoms with Gasteiger partial charge in [0.05, 0.1) is 6.42 Å². The second-order valence-electron chi connectivity index (χ2n) is 5.92. The van der Waals surface area contributed by atoms with Gasteiger partial charge in [-0.15, -0.1) is 10.2 Å². The van der Waals surface area contributed by atoms with Crippen molar-refractivity contribution in [3.8, 4) is 11.1 Å². The number of benzene rings is 2. The van der Waals surface area contributed by atoms with Crippen molar-refractivity contribution < 1.29 is 14.7 Å². The number of nitrogens with one attached hydrogen (secondary N) is 2. The van der Waals surface area contributed by atoms with Crippen LogP contribution in [0.5, 0.6) is 0 Å². The number of carbonyl (C=O) groups is 2. The smallest absolute Gasteiger partial charge is 0.305 e. The Bertz CT molecular complexity index is 928. The van der Waals surface area contributed by atoms with Gasteiger partial charge in [-0.3, -0.25) is 9.59 Å². The SMILES string of the molecule is O=C(O)C[C@@H](Cc1ccc(-c2cccc(Cl)c2)cc1)NC(=O)c1nn[nH]n1. The summed E-state index contributed by atoms with van der Waals surface area (Å²) in [6.45, 7) is 0. The van der Waals surface area contributed by atoms with Gasteiger partial charge in [-0.2, -0.15) is 5.21 Å². The molecule has 0 radical (unpaired) electrons. The van der Waals surface area contributed by atoms with E-state index in [1.807, 2.05) is 48.5 Å². The molecule has 3 rings (SSSR count). The number of aromatic amines is 1. The van der Waals surface area contributed by atoms with E-state index in [9.17, 15) is 9.59 Å². The van der Waals surface area contributed by atoms with Crippen LogP contribution in [0.2, 0.25) is 5.02 Å². The van der Waals surface area contributed by atoms with Crippen molar-refractivity contribution in [2.75, 3.05) is 0 Å². The number of carboxylic acids is 1. The van der Waals surface area contributed by atoms with Gasteiger partial charge < -0.3 is 10.4 Å². The zero-order valence-electron chi connectivity index (χ0n) is 14.1. The molecular weight excluding hydrogens is 370 g/mol. The Labute approximate surface area is 159 Å². The normalized spacial score (nSPS) is 11.7. The molecule has 1 atom stereocenters. The first-order valence-corrected chi connectivity index (χ1v) is 8.50. The number of rotatable bonds is 7. The Kier molecular flexibility index (Phi) is 5.77. The molecule has 0 spiro atoms. The summed E-state index contributed by atoms with van der Waals surface area (Å²) >= 11 is 6.02. The van der Waals surface area contributed by atoms with Gasteiger partial charge in [-0.25, -0.2) is 0 Å². The third-order valence-corrected chi connectivity index (χ3v) is 4.13. The topological polar surface area (TPSA) is 121 Å². The lowest BCUT2D eigenvalue weighted by Crippen LogP contribution is -2.38. The van der Waals surface area contributed by atoms with Crippen LogP contribution in [0.1, 0.15) is 22.6 Å². The molecule has 2 aromatic carbocycles. The maximum Gasteiger partial charge on any atom is 0.305 e. The van der Waals surface area contributed by atoms with Crippen LogP contribution < -0.4 is 5.32 Å². The first-order valence-electron chi connectivity index (χ1n) is 8.12. The third-order valence-electron chi connectivity index (χ3n) is 3.90. The van der Waals surface area contributed by atoms with E-state index in [1.54, 1.807) is 0 Å². The number of carbonyl (C=O) groups excluding carboxylic acids is 1. The van der Waals surface area contributed by atoms with E-state index in [0.717, 1.165) is 16.7 Å². The van der Waals surface area contributed by atoms with Crippen LogP contribution in [0, 0.1) is 0 Å². The molecule has 1 heterocycles. The minimum absolute atomic E-state index is 0.137. The van der Waals surface area contributed by atoms with Crippen molar-refractivity contribution in [1.82, 2.24) is 25.9 Å². The molecule has 138 valence electrons. The molecule has 0 saturated heterocycles. The Morgan fingerprint density at radius 2 is 1.93 bits per heavy atom. The summed E-state index contributed by atoms with van der Waals surface area (Å²) in [4.78, 5) is 23.2. The van der Waals surface area contributed by atoms with Gasteiger partial charge in [0.2, 0.25) is 0 Å². The van der Waals surface area contributed by atoms with E-state index >= 15 is 0 Å². The molecule has 3 aromatic rings. The van der Waals surface area contributed by atoms with E-state index < -0.39 is 17.9 Å². The van der Waals surface area contributed by atoms with E-state index in [1.165, 1.54) is 0 Å². The molecule has 1 amide bonds. The highest BCUT2D eigenvalue weighted by molar-refractivity contribution is 6.30. The minimum atomic E-state index is -1.01. The number of hydrogen-bond acceptors (Lipinski definition) is 5. The van der Waals surface area contributed by atoms with Gasteiger partial charge in [0.25, 0.3) is 11.7 Å². The maximum absolute atomic E-state index is 12.1. The maximum atomic E-state index is 12.1. The highest BCUT2D eigenvalue weighted by atomic mass is 35.5. The molecule has 0 aliphatic heterocycles. The first kappa shape index (κ1) is 18.5. The second-order valence-corrected chi connectivity index (χ2v) is 6.35. The van der Waals surface area contributed by atoms with E-state index in [-0.39, 0.29) is 12.2 Å². The highest BCUT2D eigenvalue weighted by Gasteiger charge is 2.20. The largest absolute Gasteiger partial charge is 0.481 e. The number of aromatic nitrogens is 4. The van der Waals surface area contributed by atoms with Crippen LogP contribution in [0.25, 0.3) is 11.1 Å². The number of tetrazole rings is 1. The lowest BCUT2D eigenvalue weighted by Gasteiger charge is -2.16. The monoisotopic (exact) mass is 385 g/mol. The summed E-state index contributed by atoms with van der Waals surface area (Å²) in [5.74, 6) is -1.73. The standard InChI is InChI=1S/C18H16ClN5O3/c19-14-3-1-2-13(9-14)12-6-4-11(5-7-12)8-15(10-16(25)26)20-18(27)17-21-23-24-22-17/h1-7,9,15H,8,10H2,(H,20,27)(H,25,26)(H,21,22,23,24)/t15-/m1/s1. The van der Waals surface area contributed by atoms with Gasteiger partial charge in [-0.05, 0) is 40.5 Å². The van der Waals surface area contributed by atoms with Gasteiger partial charge >= 0.3 is 5.97 Å². The summed E-state index contributed by atoms with van der Waals surface area (Å²) in [5, 5.41) is 25.1. The first-order chi connectivity index (χ1) is 13.0. The van der Waals surface area contributed by atoms with Crippen molar-refractivity contribution in [3.63, 3.8) is 0 Å². The average molecular weight is 386 g/mol. The van der Waals surface area contributed by atoms with Crippen molar-refractivity contribution in [3.05, 3.63) is 64.9 Å². The molecule has 3 N–H and O–H groups in total. The van der Waals surface area contributed by atoms with E-state index in [2.05, 4.69) is 25.9 Å². The lowest BCUT2D eigenvalue weighted by atomic mass is 9.99. The van der Waals surface area contributed by atoms with Gasteiger partial charge in [-0.1, -0.05) is 48.0 Å². The van der Waals surface area contributed by atoms with Crippen molar-refractivity contribution in [2.24, 2.45) is 0 Å². The number of aliphatic carboxylic acids is 1. The van der Waals surface area contributed by atoms with Crippen LogP contribution in [0.3, 0.4) is 0 Å². The number of H-pyrrole nitrogens is 1. The van der Waals surface area contributed by atoms with E-state index in [0.29, 0.717) is 11.4 Å². The Hall–Kier alpha value is -3.26. The summed E-state index contributed by atoms with van der Waals surface area (Å²) in [6, 6.07) is 14.6. The quantitative estimate of drug-likeness (QED) is 0.574. The molecule has 9 heteroatoms. The molecule has 0 unspecified atom stereocenters. The van der Waals surface area contributed by atoms with Crippen LogP contribution >= 0.6 is 11.6 Å². The minimum Gasteiger partial charge on any atom is -0.481 e. The fraction of sp³-hybridized carbons (Fsp3) is 0.167. The zero-order valence-corrected chi connectivity index (χ0v) is 14.8. The molecule has 8 nitrogen and oxygen atoms in total. The average Bonchev–Trinajstić information content (AvgIpc) is 3.16. The zero-order chi connectivity index (χ0) is 19.2. The molecule has 27 heavy (non-hydrogen) atoms. The van der Waals surface area contributed by atoms with Gasteiger partial charge in [0.15, 0.2) is 0 Å². The predicted molar refractivity (Wildman–Crippen MR) is 98.3 cm³/mol. The highest BCUT2D eigenvalue weighted by Crippen LogP contribution is 2.23. The molecule has 0 saturated carbocycles. The summed E-state index contributed by atoms with van der Waals surface area (Å²) in [5.41, 5.74) is 2.87. The fourth-order valence-electron chi connectivity index (χ4n) is 2.68. The summed E-state index contributed by atoms with van der Waals surface area (Å²) in [6.07, 6.45) is 0.130. The molecule has 0 bridgehead atoms. The predicted octanol–water partition coefficient (Wildman–Crippen LogP) is 2.34. The Balaban J connectivity index is 1.71. The molecule has 0 aliphatic rings.